The highest BCUT2D eigenvalue weighted by atomic mass is 16.1. The zero-order valence-corrected chi connectivity index (χ0v) is 17.7. The molecule has 0 aliphatic rings. The van der Waals surface area contributed by atoms with Gasteiger partial charge in [0.2, 0.25) is 5.91 Å². The molecule has 0 atom stereocenters. The number of nitrogens with zero attached hydrogens (tertiary/aromatic N) is 1. The van der Waals surface area contributed by atoms with E-state index in [1.165, 1.54) is 16.7 Å². The van der Waals surface area contributed by atoms with Crippen molar-refractivity contribution < 1.29 is 4.79 Å². The summed E-state index contributed by atoms with van der Waals surface area (Å²) in [6.07, 6.45) is 11.1. The van der Waals surface area contributed by atoms with Crippen LogP contribution in [0, 0.1) is 0 Å². The standard InChI is InChI=1S/C15H22N2O.C12H10/c1-2-3-4-10-15(18)17-12-6-5-8-14-9-7-11-16-13-14;1-3-7-11(8-4-1)12-9-5-2-6-10-12/h2,7,9,11,13H,1,3-6,8,10,12H2,(H,17,18);1-10H. The number of aromatic nitrogens is 1. The van der Waals surface area contributed by atoms with Crippen LogP contribution in [0.15, 0.2) is 97.8 Å². The fourth-order valence-corrected chi connectivity index (χ4v) is 2.98. The van der Waals surface area contributed by atoms with E-state index in [1.807, 2.05) is 30.5 Å². The van der Waals surface area contributed by atoms with Crippen molar-refractivity contribution in [3.8, 4) is 11.1 Å². The van der Waals surface area contributed by atoms with Gasteiger partial charge in [0, 0.05) is 25.4 Å². The van der Waals surface area contributed by atoms with Crippen LogP contribution in [0.2, 0.25) is 0 Å². The molecule has 2 aromatic carbocycles. The van der Waals surface area contributed by atoms with E-state index in [-0.39, 0.29) is 5.91 Å². The molecule has 0 spiro atoms. The summed E-state index contributed by atoms with van der Waals surface area (Å²) in [6, 6.07) is 24.8. The van der Waals surface area contributed by atoms with Gasteiger partial charge in [-0.1, -0.05) is 72.8 Å². The molecule has 0 fully saturated rings. The number of carbonyl (C=O) groups is 1. The maximum atomic E-state index is 11.4. The number of amides is 1. The first-order valence-electron chi connectivity index (χ1n) is 10.7. The lowest BCUT2D eigenvalue weighted by atomic mass is 10.1. The number of benzene rings is 2. The molecule has 0 radical (unpaired) electrons. The molecule has 3 heteroatoms. The van der Waals surface area contributed by atoms with Gasteiger partial charge in [-0.05, 0) is 54.9 Å². The largest absolute Gasteiger partial charge is 0.356 e. The average molecular weight is 401 g/mol. The normalized spacial score (nSPS) is 9.87. The molecule has 30 heavy (non-hydrogen) atoms. The van der Waals surface area contributed by atoms with Gasteiger partial charge in [0.15, 0.2) is 0 Å². The summed E-state index contributed by atoms with van der Waals surface area (Å²) >= 11 is 0. The molecule has 0 unspecified atom stereocenters. The summed E-state index contributed by atoms with van der Waals surface area (Å²) in [6.45, 7) is 4.41. The predicted octanol–water partition coefficient (Wildman–Crippen LogP) is 6.23. The molecule has 1 amide bonds. The Hall–Kier alpha value is -3.20. The minimum Gasteiger partial charge on any atom is -0.356 e. The van der Waals surface area contributed by atoms with Gasteiger partial charge < -0.3 is 5.32 Å². The van der Waals surface area contributed by atoms with E-state index in [4.69, 9.17) is 0 Å². The molecular formula is C27H32N2O. The van der Waals surface area contributed by atoms with Crippen molar-refractivity contribution in [3.63, 3.8) is 0 Å². The molecule has 3 nitrogen and oxygen atoms in total. The fraction of sp³-hybridized carbons (Fsp3) is 0.259. The lowest BCUT2D eigenvalue weighted by molar-refractivity contribution is -0.121. The minimum atomic E-state index is 0.151. The van der Waals surface area contributed by atoms with Crippen molar-refractivity contribution in [1.29, 1.82) is 0 Å². The summed E-state index contributed by atoms with van der Waals surface area (Å²) in [5, 5.41) is 2.94. The Morgan fingerprint density at radius 1 is 0.867 bits per heavy atom. The van der Waals surface area contributed by atoms with Crippen LogP contribution in [-0.2, 0) is 11.2 Å². The second-order valence-corrected chi connectivity index (χ2v) is 7.08. The average Bonchev–Trinajstić information content (AvgIpc) is 2.81. The fourth-order valence-electron chi connectivity index (χ4n) is 2.98. The Morgan fingerprint density at radius 2 is 1.53 bits per heavy atom. The molecule has 1 heterocycles. The topological polar surface area (TPSA) is 42.0 Å². The number of hydrogen-bond acceptors (Lipinski definition) is 2. The van der Waals surface area contributed by atoms with Gasteiger partial charge in [0.25, 0.3) is 0 Å². The molecular weight excluding hydrogens is 368 g/mol. The Kier molecular flexibility index (Phi) is 11.3. The van der Waals surface area contributed by atoms with Crippen LogP contribution in [0.4, 0.5) is 0 Å². The zero-order chi connectivity index (χ0) is 21.3. The number of hydrogen-bond donors (Lipinski definition) is 1. The second kappa shape index (κ2) is 14.7. The molecule has 0 aliphatic carbocycles. The molecule has 0 bridgehead atoms. The van der Waals surface area contributed by atoms with Crippen LogP contribution in [0.5, 0.6) is 0 Å². The van der Waals surface area contributed by atoms with E-state index in [0.717, 1.165) is 38.6 Å². The van der Waals surface area contributed by atoms with Crippen molar-refractivity contribution in [2.75, 3.05) is 6.54 Å². The predicted molar refractivity (Wildman–Crippen MR) is 126 cm³/mol. The van der Waals surface area contributed by atoms with E-state index in [0.29, 0.717) is 6.42 Å². The lowest BCUT2D eigenvalue weighted by Crippen LogP contribution is -2.24. The van der Waals surface area contributed by atoms with Gasteiger partial charge in [-0.2, -0.15) is 0 Å². The number of carbonyl (C=O) groups excluding carboxylic acids is 1. The van der Waals surface area contributed by atoms with Crippen molar-refractivity contribution in [1.82, 2.24) is 10.3 Å². The highest BCUT2D eigenvalue weighted by Crippen LogP contribution is 2.17. The molecule has 0 saturated heterocycles. The molecule has 1 N–H and O–H groups in total. The third kappa shape index (κ3) is 9.83. The molecule has 3 rings (SSSR count). The Labute approximate surface area is 180 Å². The number of allylic oxidation sites excluding steroid dienone is 1. The van der Waals surface area contributed by atoms with Crippen LogP contribution >= 0.6 is 0 Å². The molecule has 3 aromatic rings. The monoisotopic (exact) mass is 400 g/mol. The Balaban J connectivity index is 0.000000230. The van der Waals surface area contributed by atoms with Crippen LogP contribution in [-0.4, -0.2) is 17.4 Å². The third-order valence-electron chi connectivity index (χ3n) is 4.63. The quantitative estimate of drug-likeness (QED) is 0.324. The molecule has 0 aliphatic heterocycles. The van der Waals surface area contributed by atoms with E-state index in [2.05, 4.69) is 71.5 Å². The molecule has 0 saturated carbocycles. The van der Waals surface area contributed by atoms with E-state index in [9.17, 15) is 4.79 Å². The van der Waals surface area contributed by atoms with Crippen LogP contribution in [0.25, 0.3) is 11.1 Å². The second-order valence-electron chi connectivity index (χ2n) is 7.08. The summed E-state index contributed by atoms with van der Waals surface area (Å²) in [5.41, 5.74) is 3.81. The third-order valence-corrected chi connectivity index (χ3v) is 4.63. The Morgan fingerprint density at radius 3 is 2.10 bits per heavy atom. The highest BCUT2D eigenvalue weighted by molar-refractivity contribution is 5.75. The van der Waals surface area contributed by atoms with Crippen molar-refractivity contribution >= 4 is 5.91 Å². The van der Waals surface area contributed by atoms with Gasteiger partial charge in [-0.25, -0.2) is 0 Å². The number of aryl methyl sites for hydroxylation is 1. The highest BCUT2D eigenvalue weighted by Gasteiger charge is 1.99. The van der Waals surface area contributed by atoms with Gasteiger partial charge in [-0.3, -0.25) is 9.78 Å². The first kappa shape index (κ1) is 23.1. The summed E-state index contributed by atoms with van der Waals surface area (Å²) < 4.78 is 0. The SMILES string of the molecule is C=CCCCC(=O)NCCCCc1cccnc1.c1ccc(-c2ccccc2)cc1. The Bertz CT molecular complexity index is 795. The number of rotatable bonds is 10. The van der Waals surface area contributed by atoms with Crippen molar-refractivity contribution in [2.24, 2.45) is 0 Å². The first-order valence-corrected chi connectivity index (χ1v) is 10.7. The summed E-state index contributed by atoms with van der Waals surface area (Å²) in [7, 11) is 0. The van der Waals surface area contributed by atoms with Crippen LogP contribution in [0.3, 0.4) is 0 Å². The van der Waals surface area contributed by atoms with Gasteiger partial charge >= 0.3 is 0 Å². The van der Waals surface area contributed by atoms with Gasteiger partial charge in [0.1, 0.15) is 0 Å². The van der Waals surface area contributed by atoms with Crippen LogP contribution < -0.4 is 5.32 Å². The number of nitrogens with one attached hydrogen (secondary N) is 1. The van der Waals surface area contributed by atoms with E-state index in [1.54, 1.807) is 6.20 Å². The first-order chi connectivity index (χ1) is 14.8. The zero-order valence-electron chi connectivity index (χ0n) is 17.7. The summed E-state index contributed by atoms with van der Waals surface area (Å²) in [5.74, 6) is 0.151. The van der Waals surface area contributed by atoms with Crippen molar-refractivity contribution in [3.05, 3.63) is 103 Å². The van der Waals surface area contributed by atoms with E-state index < -0.39 is 0 Å². The molecule has 1 aromatic heterocycles. The summed E-state index contributed by atoms with van der Waals surface area (Å²) in [4.78, 5) is 15.5. The number of unbranched alkanes of at least 4 members (excludes halogenated alkanes) is 2. The maximum Gasteiger partial charge on any atom is 0.220 e. The van der Waals surface area contributed by atoms with Crippen molar-refractivity contribution in [2.45, 2.75) is 38.5 Å². The van der Waals surface area contributed by atoms with Crippen LogP contribution in [0.1, 0.15) is 37.7 Å². The maximum absolute atomic E-state index is 11.4. The minimum absolute atomic E-state index is 0.151. The van der Waals surface area contributed by atoms with E-state index >= 15 is 0 Å². The van der Waals surface area contributed by atoms with Gasteiger partial charge in [0.05, 0.1) is 0 Å². The number of pyridine rings is 1. The molecule has 156 valence electrons. The lowest BCUT2D eigenvalue weighted by Gasteiger charge is -2.04. The smallest absolute Gasteiger partial charge is 0.220 e. The van der Waals surface area contributed by atoms with Gasteiger partial charge in [-0.15, -0.1) is 6.58 Å².